The fourth-order valence-corrected chi connectivity index (χ4v) is 1.70. The highest BCUT2D eigenvalue weighted by Crippen LogP contribution is 2.09. The largest absolute Gasteiger partial charge is 0.477 e. The average Bonchev–Trinajstić information content (AvgIpc) is 2.76. The van der Waals surface area contributed by atoms with Gasteiger partial charge in [-0.2, -0.15) is 5.10 Å². The molecular weight excluding hydrogens is 246 g/mol. The van der Waals surface area contributed by atoms with E-state index in [9.17, 15) is 9.59 Å². The molecule has 0 aliphatic carbocycles. The predicted molar refractivity (Wildman–Crippen MR) is 69.0 cm³/mol. The number of amides is 1. The smallest absolute Gasteiger partial charge is 0.354 e. The Balaban J connectivity index is 2.05. The summed E-state index contributed by atoms with van der Waals surface area (Å²) in [5.41, 5.74) is 1.69. The van der Waals surface area contributed by atoms with Gasteiger partial charge in [0.15, 0.2) is 0 Å². The lowest BCUT2D eigenvalue weighted by molar-refractivity contribution is -0.116. The molecule has 0 fully saturated rings. The van der Waals surface area contributed by atoms with Crippen LogP contribution in [0.25, 0.3) is 0 Å². The number of aromatic nitrogens is 2. The van der Waals surface area contributed by atoms with Crippen LogP contribution in [0, 0.1) is 6.92 Å². The Labute approximate surface area is 109 Å². The van der Waals surface area contributed by atoms with E-state index in [0.717, 1.165) is 10.2 Å². The first-order chi connectivity index (χ1) is 9.06. The Hall–Kier alpha value is -2.63. The number of nitrogens with zero attached hydrogens (tertiary/aromatic N) is 2. The lowest BCUT2D eigenvalue weighted by Gasteiger charge is -2.07. The van der Waals surface area contributed by atoms with Crippen LogP contribution >= 0.6 is 0 Å². The van der Waals surface area contributed by atoms with E-state index in [0.29, 0.717) is 5.69 Å². The van der Waals surface area contributed by atoms with Gasteiger partial charge in [-0.05, 0) is 30.7 Å². The molecule has 1 aromatic carbocycles. The lowest BCUT2D eigenvalue weighted by atomic mass is 10.2. The van der Waals surface area contributed by atoms with Gasteiger partial charge in [0, 0.05) is 11.9 Å². The van der Waals surface area contributed by atoms with Crippen molar-refractivity contribution in [1.82, 2.24) is 9.78 Å². The highest BCUT2D eigenvalue weighted by Gasteiger charge is 2.13. The van der Waals surface area contributed by atoms with Crippen molar-refractivity contribution in [3.8, 4) is 0 Å². The zero-order chi connectivity index (χ0) is 13.8. The fourth-order valence-electron chi connectivity index (χ4n) is 1.70. The first-order valence-corrected chi connectivity index (χ1v) is 5.68. The molecule has 1 aromatic heterocycles. The van der Waals surface area contributed by atoms with E-state index in [2.05, 4.69) is 10.4 Å². The molecule has 2 aromatic rings. The minimum Gasteiger partial charge on any atom is -0.477 e. The summed E-state index contributed by atoms with van der Waals surface area (Å²) >= 11 is 0. The number of carboxylic acids is 1. The Kier molecular flexibility index (Phi) is 3.61. The van der Waals surface area contributed by atoms with Crippen LogP contribution in [0.4, 0.5) is 5.69 Å². The Morgan fingerprint density at radius 1 is 1.37 bits per heavy atom. The third kappa shape index (κ3) is 3.19. The number of benzene rings is 1. The number of carbonyl (C=O) groups is 2. The summed E-state index contributed by atoms with van der Waals surface area (Å²) in [6, 6.07) is 8.71. The molecule has 2 rings (SSSR count). The Morgan fingerprint density at radius 2 is 2.16 bits per heavy atom. The monoisotopic (exact) mass is 259 g/mol. The van der Waals surface area contributed by atoms with Crippen molar-refractivity contribution in [1.29, 1.82) is 0 Å². The summed E-state index contributed by atoms with van der Waals surface area (Å²) in [6.45, 7) is 1.79. The van der Waals surface area contributed by atoms with Crippen LogP contribution in [-0.4, -0.2) is 26.8 Å². The maximum Gasteiger partial charge on any atom is 0.354 e. The van der Waals surface area contributed by atoms with Gasteiger partial charge in [0.1, 0.15) is 12.2 Å². The van der Waals surface area contributed by atoms with Crippen LogP contribution in [-0.2, 0) is 11.3 Å². The van der Waals surface area contributed by atoms with E-state index in [1.165, 1.54) is 12.3 Å². The first kappa shape index (κ1) is 12.8. The van der Waals surface area contributed by atoms with Crippen molar-refractivity contribution in [3.63, 3.8) is 0 Å². The molecule has 0 unspecified atom stereocenters. The maximum absolute atomic E-state index is 11.8. The summed E-state index contributed by atoms with van der Waals surface area (Å²) in [4.78, 5) is 22.7. The van der Waals surface area contributed by atoms with Gasteiger partial charge in [0.05, 0.1) is 0 Å². The molecule has 98 valence electrons. The number of rotatable bonds is 4. The molecule has 0 radical (unpaired) electrons. The summed E-state index contributed by atoms with van der Waals surface area (Å²) in [6.07, 6.45) is 1.35. The Morgan fingerprint density at radius 3 is 2.84 bits per heavy atom. The summed E-state index contributed by atoms with van der Waals surface area (Å²) in [5, 5.41) is 15.4. The van der Waals surface area contributed by atoms with Gasteiger partial charge in [-0.1, -0.05) is 12.1 Å². The second-order valence-electron chi connectivity index (χ2n) is 4.10. The standard InChI is InChI=1S/C13H13N3O3/c1-9-3-2-4-10(7-9)15-12(17)8-16-11(13(18)19)5-6-14-16/h2-7H,8H2,1H3,(H,15,17)(H,18,19). The van der Waals surface area contributed by atoms with E-state index in [4.69, 9.17) is 5.11 Å². The third-order valence-electron chi connectivity index (χ3n) is 2.53. The molecule has 19 heavy (non-hydrogen) atoms. The number of aromatic carboxylic acids is 1. The van der Waals surface area contributed by atoms with Crippen molar-refractivity contribution in [2.45, 2.75) is 13.5 Å². The molecule has 1 amide bonds. The van der Waals surface area contributed by atoms with Crippen LogP contribution in [0.3, 0.4) is 0 Å². The number of nitrogens with one attached hydrogen (secondary N) is 1. The van der Waals surface area contributed by atoms with Crippen LogP contribution in [0.1, 0.15) is 16.1 Å². The minimum absolute atomic E-state index is 0.0145. The topological polar surface area (TPSA) is 84.2 Å². The number of aryl methyl sites for hydroxylation is 1. The van der Waals surface area contributed by atoms with Crippen molar-refractivity contribution in [2.24, 2.45) is 0 Å². The first-order valence-electron chi connectivity index (χ1n) is 5.68. The van der Waals surface area contributed by atoms with Crippen LogP contribution < -0.4 is 5.32 Å². The number of anilines is 1. The summed E-state index contributed by atoms with van der Waals surface area (Å²) in [5.74, 6) is -1.43. The zero-order valence-electron chi connectivity index (χ0n) is 10.3. The van der Waals surface area contributed by atoms with E-state index < -0.39 is 5.97 Å². The van der Waals surface area contributed by atoms with Gasteiger partial charge in [0.2, 0.25) is 5.91 Å². The lowest BCUT2D eigenvalue weighted by Crippen LogP contribution is -2.22. The third-order valence-corrected chi connectivity index (χ3v) is 2.53. The SMILES string of the molecule is Cc1cccc(NC(=O)Cn2nccc2C(=O)O)c1. The van der Waals surface area contributed by atoms with Crippen molar-refractivity contribution in [3.05, 3.63) is 47.8 Å². The molecular formula is C13H13N3O3. The second kappa shape index (κ2) is 5.34. The van der Waals surface area contributed by atoms with Gasteiger partial charge in [-0.25, -0.2) is 9.48 Å². The fraction of sp³-hybridized carbons (Fsp3) is 0.154. The molecule has 0 aliphatic rings. The number of carbonyl (C=O) groups excluding carboxylic acids is 1. The number of hydrogen-bond acceptors (Lipinski definition) is 3. The van der Waals surface area contributed by atoms with E-state index >= 15 is 0 Å². The molecule has 1 heterocycles. The molecule has 6 heteroatoms. The molecule has 2 N–H and O–H groups in total. The van der Waals surface area contributed by atoms with E-state index in [1.807, 2.05) is 25.1 Å². The molecule has 0 bridgehead atoms. The van der Waals surface area contributed by atoms with Gasteiger partial charge in [-0.15, -0.1) is 0 Å². The van der Waals surface area contributed by atoms with Crippen molar-refractivity contribution >= 4 is 17.6 Å². The normalized spacial score (nSPS) is 10.2. The number of hydrogen-bond donors (Lipinski definition) is 2. The van der Waals surface area contributed by atoms with Crippen molar-refractivity contribution < 1.29 is 14.7 Å². The highest BCUT2D eigenvalue weighted by atomic mass is 16.4. The Bertz CT molecular complexity index is 619. The van der Waals surface area contributed by atoms with Gasteiger partial charge >= 0.3 is 5.97 Å². The summed E-state index contributed by atoms with van der Waals surface area (Å²) < 4.78 is 1.15. The zero-order valence-corrected chi connectivity index (χ0v) is 10.3. The van der Waals surface area contributed by atoms with Crippen molar-refractivity contribution in [2.75, 3.05) is 5.32 Å². The average molecular weight is 259 g/mol. The molecule has 0 saturated carbocycles. The number of carboxylic acid groups (broad SMARTS) is 1. The van der Waals surface area contributed by atoms with E-state index in [1.54, 1.807) is 6.07 Å². The quantitative estimate of drug-likeness (QED) is 0.872. The molecule has 6 nitrogen and oxygen atoms in total. The summed E-state index contributed by atoms with van der Waals surface area (Å²) in [7, 11) is 0. The maximum atomic E-state index is 11.8. The van der Waals surface area contributed by atoms with Crippen LogP contribution in [0.5, 0.6) is 0 Å². The minimum atomic E-state index is -1.11. The molecule has 0 atom stereocenters. The highest BCUT2D eigenvalue weighted by molar-refractivity contribution is 5.91. The molecule has 0 saturated heterocycles. The van der Waals surface area contributed by atoms with Gasteiger partial charge in [0.25, 0.3) is 0 Å². The second-order valence-corrected chi connectivity index (χ2v) is 4.10. The van der Waals surface area contributed by atoms with Gasteiger partial charge in [-0.3, -0.25) is 4.79 Å². The van der Waals surface area contributed by atoms with Crippen LogP contribution in [0.15, 0.2) is 36.5 Å². The van der Waals surface area contributed by atoms with Gasteiger partial charge < -0.3 is 10.4 Å². The molecule has 0 spiro atoms. The van der Waals surface area contributed by atoms with E-state index in [-0.39, 0.29) is 18.1 Å². The molecule has 0 aliphatic heterocycles. The predicted octanol–water partition coefficient (Wildman–Crippen LogP) is 1.53. The van der Waals surface area contributed by atoms with Crippen LogP contribution in [0.2, 0.25) is 0 Å².